The third-order valence-electron chi connectivity index (χ3n) is 5.98. The molecular weight excluding hydrogens is 263 g/mol. The van der Waals surface area contributed by atoms with Crippen LogP contribution in [0.15, 0.2) is 0 Å². The van der Waals surface area contributed by atoms with Crippen molar-refractivity contribution in [3.8, 4) is 0 Å². The number of aromatic amines is 1. The number of imidazole rings is 1. The van der Waals surface area contributed by atoms with Gasteiger partial charge in [0.05, 0.1) is 0 Å². The third-order valence-corrected chi connectivity index (χ3v) is 6.28. The lowest BCUT2D eigenvalue weighted by atomic mass is 9.46. The maximum Gasteiger partial charge on any atom is 0.177 e. The lowest BCUT2D eigenvalue weighted by Gasteiger charge is -2.47. The van der Waals surface area contributed by atoms with Gasteiger partial charge in [0.2, 0.25) is 0 Å². The van der Waals surface area contributed by atoms with Crippen LogP contribution in [0.1, 0.15) is 71.8 Å². The molecule has 112 valence electrons. The first-order chi connectivity index (χ1) is 9.13. The molecule has 1 atom stereocenters. The highest BCUT2D eigenvalue weighted by Crippen LogP contribution is 2.56. The SMILES string of the molecule is BC1(C(C)C)CCCc2c([nH]c(=S)n2C(C)C)C1(C)C. The van der Waals surface area contributed by atoms with Gasteiger partial charge < -0.3 is 9.55 Å². The minimum absolute atomic E-state index is 0.126. The second kappa shape index (κ2) is 5.05. The Morgan fingerprint density at radius 3 is 2.35 bits per heavy atom. The van der Waals surface area contributed by atoms with Crippen LogP contribution in [-0.4, -0.2) is 17.4 Å². The summed E-state index contributed by atoms with van der Waals surface area (Å²) in [6.07, 6.45) is 3.68. The summed E-state index contributed by atoms with van der Waals surface area (Å²) in [6.45, 7) is 14.0. The highest BCUT2D eigenvalue weighted by Gasteiger charge is 2.47. The van der Waals surface area contributed by atoms with E-state index in [1.54, 1.807) is 0 Å². The molecule has 1 unspecified atom stereocenters. The van der Waals surface area contributed by atoms with Crippen LogP contribution >= 0.6 is 12.2 Å². The van der Waals surface area contributed by atoms with Gasteiger partial charge in [-0.05, 0) is 50.1 Å². The molecule has 0 fully saturated rings. The summed E-state index contributed by atoms with van der Waals surface area (Å²) in [5, 5.41) is 0.305. The molecule has 1 aromatic heterocycles. The Morgan fingerprint density at radius 1 is 1.25 bits per heavy atom. The highest BCUT2D eigenvalue weighted by atomic mass is 32.1. The lowest BCUT2D eigenvalue weighted by Crippen LogP contribution is -2.39. The van der Waals surface area contributed by atoms with Gasteiger partial charge in [0.1, 0.15) is 7.85 Å². The zero-order valence-electron chi connectivity index (χ0n) is 14.1. The van der Waals surface area contributed by atoms with Crippen molar-refractivity contribution >= 4 is 20.1 Å². The first-order valence-electron chi connectivity index (χ1n) is 7.96. The Balaban J connectivity index is 2.68. The number of fused-ring (bicyclic) bond motifs is 1. The number of aromatic nitrogens is 2. The number of hydrogen-bond donors (Lipinski definition) is 1. The van der Waals surface area contributed by atoms with E-state index < -0.39 is 0 Å². The standard InChI is InChI=1S/C16H29BN2S/c1-10(2)16(17)9-7-8-12-13(15(16,5)6)18-14(20)19(12)11(3)4/h10-11H,7-9,17H2,1-6H3,(H,18,20). The van der Waals surface area contributed by atoms with E-state index in [4.69, 9.17) is 12.2 Å². The molecule has 4 heteroatoms. The Hall–Kier alpha value is -0.505. The molecule has 20 heavy (non-hydrogen) atoms. The highest BCUT2D eigenvalue weighted by molar-refractivity contribution is 7.71. The van der Waals surface area contributed by atoms with Crippen molar-refractivity contribution in [2.75, 3.05) is 0 Å². The molecule has 2 nitrogen and oxygen atoms in total. The molecular formula is C16H29BN2S. The monoisotopic (exact) mass is 292 g/mol. The minimum Gasteiger partial charge on any atom is -0.334 e. The molecule has 1 aromatic rings. The van der Waals surface area contributed by atoms with Crippen molar-refractivity contribution in [1.29, 1.82) is 0 Å². The average Bonchev–Trinajstić information content (AvgIpc) is 2.61. The van der Waals surface area contributed by atoms with Crippen LogP contribution in [0.2, 0.25) is 5.31 Å². The zero-order valence-corrected chi connectivity index (χ0v) is 14.9. The van der Waals surface area contributed by atoms with Crippen molar-refractivity contribution in [2.24, 2.45) is 5.92 Å². The molecule has 1 N–H and O–H groups in total. The summed E-state index contributed by atoms with van der Waals surface area (Å²) in [7, 11) is 2.45. The topological polar surface area (TPSA) is 20.7 Å². The van der Waals surface area contributed by atoms with Crippen LogP contribution in [0.25, 0.3) is 0 Å². The van der Waals surface area contributed by atoms with E-state index in [1.165, 1.54) is 24.2 Å². The quantitative estimate of drug-likeness (QED) is 0.492. The molecule has 0 saturated carbocycles. The van der Waals surface area contributed by atoms with Crippen molar-refractivity contribution in [3.63, 3.8) is 0 Å². The fourth-order valence-electron chi connectivity index (χ4n) is 4.02. The van der Waals surface area contributed by atoms with Gasteiger partial charge in [-0.2, -0.15) is 0 Å². The van der Waals surface area contributed by atoms with E-state index in [1.807, 2.05) is 0 Å². The van der Waals surface area contributed by atoms with Gasteiger partial charge >= 0.3 is 0 Å². The minimum atomic E-state index is 0.126. The van der Waals surface area contributed by atoms with Crippen LogP contribution in [0, 0.1) is 10.7 Å². The lowest BCUT2D eigenvalue weighted by molar-refractivity contribution is 0.245. The number of rotatable bonds is 2. The van der Waals surface area contributed by atoms with Gasteiger partial charge in [0, 0.05) is 22.8 Å². The summed E-state index contributed by atoms with van der Waals surface area (Å²) in [5.74, 6) is 0.660. The van der Waals surface area contributed by atoms with Crippen LogP contribution in [0.4, 0.5) is 0 Å². The predicted molar refractivity (Wildman–Crippen MR) is 92.0 cm³/mol. The van der Waals surface area contributed by atoms with Crippen molar-refractivity contribution in [3.05, 3.63) is 16.2 Å². The Labute approximate surface area is 129 Å². The zero-order chi connectivity index (χ0) is 15.3. The van der Waals surface area contributed by atoms with E-state index in [-0.39, 0.29) is 5.41 Å². The molecule has 1 aliphatic rings. The van der Waals surface area contributed by atoms with E-state index >= 15 is 0 Å². The smallest absolute Gasteiger partial charge is 0.177 e. The van der Waals surface area contributed by atoms with E-state index in [2.05, 4.69) is 58.9 Å². The number of nitrogens with one attached hydrogen (secondary N) is 1. The summed E-state index contributed by atoms with van der Waals surface area (Å²) in [4.78, 5) is 3.56. The van der Waals surface area contributed by atoms with Gasteiger partial charge in [-0.3, -0.25) is 0 Å². The maximum absolute atomic E-state index is 5.59. The normalized spacial score (nSPS) is 25.8. The van der Waals surface area contributed by atoms with Gasteiger partial charge in [-0.25, -0.2) is 0 Å². The van der Waals surface area contributed by atoms with Gasteiger partial charge in [-0.1, -0.05) is 34.1 Å². The molecule has 0 radical (unpaired) electrons. The van der Waals surface area contributed by atoms with E-state index in [0.717, 1.165) is 11.2 Å². The second-order valence-electron chi connectivity index (χ2n) is 7.77. The largest absolute Gasteiger partial charge is 0.334 e. The molecule has 0 spiro atoms. The van der Waals surface area contributed by atoms with Crippen LogP contribution < -0.4 is 0 Å². The van der Waals surface area contributed by atoms with Crippen molar-refractivity contribution in [1.82, 2.24) is 9.55 Å². The Bertz CT molecular complexity index is 553. The summed E-state index contributed by atoms with van der Waals surface area (Å²) < 4.78 is 3.23. The van der Waals surface area contributed by atoms with Gasteiger partial charge in [-0.15, -0.1) is 0 Å². The van der Waals surface area contributed by atoms with Crippen LogP contribution in [0.3, 0.4) is 0 Å². The van der Waals surface area contributed by atoms with Crippen molar-refractivity contribution < 1.29 is 0 Å². The summed E-state index contributed by atoms with van der Waals surface area (Å²) in [6, 6.07) is 0.432. The van der Waals surface area contributed by atoms with E-state index in [9.17, 15) is 0 Å². The van der Waals surface area contributed by atoms with Gasteiger partial charge in [0.25, 0.3) is 0 Å². The fourth-order valence-corrected chi connectivity index (χ4v) is 4.45. The van der Waals surface area contributed by atoms with Crippen LogP contribution in [-0.2, 0) is 11.8 Å². The second-order valence-corrected chi connectivity index (χ2v) is 8.15. The number of nitrogens with zero attached hydrogens (tertiary/aromatic N) is 1. The third kappa shape index (κ3) is 2.11. The van der Waals surface area contributed by atoms with Gasteiger partial charge in [0.15, 0.2) is 4.77 Å². The molecule has 2 rings (SSSR count). The van der Waals surface area contributed by atoms with Crippen LogP contribution in [0.5, 0.6) is 0 Å². The first kappa shape index (κ1) is 15.9. The predicted octanol–water partition coefficient (Wildman–Crippen LogP) is 4.19. The van der Waals surface area contributed by atoms with Crippen molar-refractivity contribution in [2.45, 2.75) is 77.6 Å². The molecule has 0 saturated heterocycles. The summed E-state index contributed by atoms with van der Waals surface area (Å²) in [5.41, 5.74) is 2.95. The van der Waals surface area contributed by atoms with E-state index in [0.29, 0.717) is 17.3 Å². The molecule has 0 aromatic carbocycles. The Kier molecular flexibility index (Phi) is 4.01. The molecule has 0 aliphatic heterocycles. The number of hydrogen-bond acceptors (Lipinski definition) is 1. The molecule has 1 aliphatic carbocycles. The molecule has 0 amide bonds. The molecule has 0 bridgehead atoms. The fraction of sp³-hybridized carbons (Fsp3) is 0.812. The number of H-pyrrole nitrogens is 1. The maximum atomic E-state index is 5.59. The first-order valence-corrected chi connectivity index (χ1v) is 8.37. The Morgan fingerprint density at radius 2 is 1.85 bits per heavy atom. The molecule has 1 heterocycles. The average molecular weight is 292 g/mol. The summed E-state index contributed by atoms with van der Waals surface area (Å²) >= 11 is 5.59.